The maximum Gasteiger partial charge on any atom is 0.416 e. The Bertz CT molecular complexity index is 1330. The van der Waals surface area contributed by atoms with Gasteiger partial charge in [0.1, 0.15) is 11.9 Å². The number of rotatable bonds is 4. The van der Waals surface area contributed by atoms with Crippen molar-refractivity contribution in [3.63, 3.8) is 0 Å². The molecule has 186 valence electrons. The van der Waals surface area contributed by atoms with Crippen LogP contribution in [0.25, 0.3) is 0 Å². The average Bonchev–Trinajstić information content (AvgIpc) is 2.94. The lowest BCUT2D eigenvalue weighted by molar-refractivity contribution is -0.147. The normalized spacial score (nSPS) is 16.6. The van der Waals surface area contributed by atoms with Crippen LogP contribution in [-0.4, -0.2) is 29.8 Å². The third-order valence-corrected chi connectivity index (χ3v) is 5.92. The molecule has 0 aliphatic carbocycles. The summed E-state index contributed by atoms with van der Waals surface area (Å²) in [5.41, 5.74) is -1.37. The molecule has 0 saturated heterocycles. The van der Waals surface area contributed by atoms with Crippen LogP contribution in [-0.2, 0) is 20.5 Å². The summed E-state index contributed by atoms with van der Waals surface area (Å²) in [5.74, 6) is -3.35. The zero-order valence-corrected chi connectivity index (χ0v) is 19.2. The molecule has 2 amide bonds. The number of hydrogen-bond donors (Lipinski definition) is 1. The van der Waals surface area contributed by atoms with E-state index in [4.69, 9.17) is 16.3 Å². The molecule has 1 N–H and O–H groups in total. The van der Waals surface area contributed by atoms with E-state index in [-0.39, 0.29) is 22.4 Å². The molecule has 0 spiro atoms. The lowest BCUT2D eigenvalue weighted by Gasteiger charge is -2.35. The summed E-state index contributed by atoms with van der Waals surface area (Å²) >= 11 is 5.97. The molecular formula is C25H17ClF4N2O4. The predicted octanol–water partition coefficient (Wildman–Crippen LogP) is 5.55. The first-order valence-electron chi connectivity index (χ1n) is 10.4. The number of methoxy groups -OCH3 is 1. The van der Waals surface area contributed by atoms with Gasteiger partial charge in [-0.3, -0.25) is 9.59 Å². The van der Waals surface area contributed by atoms with Crippen molar-refractivity contribution in [2.75, 3.05) is 12.4 Å². The van der Waals surface area contributed by atoms with Crippen LogP contribution < -0.4 is 5.32 Å². The Labute approximate surface area is 207 Å². The number of hydrogen-bond acceptors (Lipinski definition) is 4. The number of ether oxygens (including phenoxy) is 1. The number of carbonyl (C=O) groups excluding carboxylic acids is 3. The van der Waals surface area contributed by atoms with Gasteiger partial charge in [-0.1, -0.05) is 35.9 Å². The number of alkyl halides is 3. The smallest absolute Gasteiger partial charge is 0.416 e. The summed E-state index contributed by atoms with van der Waals surface area (Å²) in [6, 6.07) is 9.70. The number of carbonyl (C=O) groups is 3. The predicted molar refractivity (Wildman–Crippen MR) is 122 cm³/mol. The summed E-state index contributed by atoms with van der Waals surface area (Å²) in [5, 5.41) is 2.71. The first kappa shape index (κ1) is 25.2. The standard InChI is InChI=1S/C25H17ClF4N2O4/c1-36-24(35)21(14-4-9-17(27)10-5-14)32-20(13-2-7-16(26)8-3-13)22(33)31-19-12-15(25(28,29)30)6-11-18(19)23(32)34/h2-12,20-21H,1H3,(H,31,33). The Morgan fingerprint density at radius 1 is 1.03 bits per heavy atom. The molecule has 0 saturated carbocycles. The van der Waals surface area contributed by atoms with E-state index in [1.54, 1.807) is 0 Å². The first-order valence-corrected chi connectivity index (χ1v) is 10.8. The molecular weight excluding hydrogens is 504 g/mol. The van der Waals surface area contributed by atoms with Crippen molar-refractivity contribution in [2.45, 2.75) is 18.3 Å². The second-order valence-electron chi connectivity index (χ2n) is 7.89. The average molecular weight is 521 g/mol. The number of halogens is 5. The number of fused-ring (bicyclic) bond motifs is 1. The highest BCUT2D eigenvalue weighted by Crippen LogP contribution is 2.40. The van der Waals surface area contributed by atoms with E-state index < -0.39 is 47.4 Å². The molecule has 1 aliphatic rings. The van der Waals surface area contributed by atoms with Gasteiger partial charge in [0.05, 0.1) is 23.9 Å². The minimum Gasteiger partial charge on any atom is -0.467 e. The number of amides is 2. The lowest BCUT2D eigenvalue weighted by Crippen LogP contribution is -2.44. The van der Waals surface area contributed by atoms with Crippen molar-refractivity contribution in [1.82, 2.24) is 4.90 Å². The van der Waals surface area contributed by atoms with Gasteiger partial charge in [-0.2, -0.15) is 13.2 Å². The van der Waals surface area contributed by atoms with Gasteiger partial charge < -0.3 is 15.0 Å². The molecule has 0 radical (unpaired) electrons. The minimum atomic E-state index is -4.73. The van der Waals surface area contributed by atoms with Crippen molar-refractivity contribution in [2.24, 2.45) is 0 Å². The summed E-state index contributed by atoms with van der Waals surface area (Å²) in [6.45, 7) is 0. The molecule has 3 aromatic rings. The third kappa shape index (κ3) is 4.76. The van der Waals surface area contributed by atoms with E-state index in [0.29, 0.717) is 17.2 Å². The van der Waals surface area contributed by atoms with Crippen LogP contribution in [0.3, 0.4) is 0 Å². The van der Waals surface area contributed by atoms with Gasteiger partial charge in [0.15, 0.2) is 6.04 Å². The van der Waals surface area contributed by atoms with Crippen LogP contribution in [0.4, 0.5) is 23.2 Å². The van der Waals surface area contributed by atoms with Crippen LogP contribution in [0.1, 0.15) is 39.1 Å². The molecule has 2 unspecified atom stereocenters. The van der Waals surface area contributed by atoms with Crippen LogP contribution in [0.2, 0.25) is 5.02 Å². The SMILES string of the molecule is COC(=O)C(c1ccc(F)cc1)N1C(=O)c2ccc(C(F)(F)F)cc2NC(=O)C1c1ccc(Cl)cc1. The van der Waals surface area contributed by atoms with Crippen molar-refractivity contribution in [1.29, 1.82) is 0 Å². The van der Waals surface area contributed by atoms with Crippen molar-refractivity contribution in [3.05, 3.63) is 99.8 Å². The van der Waals surface area contributed by atoms with E-state index in [0.717, 1.165) is 30.2 Å². The molecule has 0 fully saturated rings. The zero-order valence-electron chi connectivity index (χ0n) is 18.5. The number of esters is 1. The fourth-order valence-corrected chi connectivity index (χ4v) is 4.11. The van der Waals surface area contributed by atoms with Gasteiger partial charge in [0.25, 0.3) is 11.8 Å². The lowest BCUT2D eigenvalue weighted by atomic mass is 9.97. The molecule has 3 aromatic carbocycles. The first-order chi connectivity index (χ1) is 17.0. The van der Waals surface area contributed by atoms with E-state index in [9.17, 15) is 31.9 Å². The molecule has 1 heterocycles. The molecule has 0 aromatic heterocycles. The summed E-state index contributed by atoms with van der Waals surface area (Å²) in [7, 11) is 1.07. The fraction of sp³-hybridized carbons (Fsp3) is 0.160. The van der Waals surface area contributed by atoms with Gasteiger partial charge >= 0.3 is 12.1 Å². The second-order valence-corrected chi connectivity index (χ2v) is 8.33. The molecule has 4 rings (SSSR count). The summed E-state index contributed by atoms with van der Waals surface area (Å²) in [4.78, 5) is 41.2. The number of nitrogens with one attached hydrogen (secondary N) is 1. The molecule has 0 bridgehead atoms. The topological polar surface area (TPSA) is 75.7 Å². The van der Waals surface area contributed by atoms with Crippen molar-refractivity contribution < 1.29 is 36.7 Å². The number of nitrogens with zero attached hydrogens (tertiary/aromatic N) is 1. The number of anilines is 1. The van der Waals surface area contributed by atoms with Gasteiger partial charge in [-0.15, -0.1) is 0 Å². The maximum atomic E-state index is 13.8. The van der Waals surface area contributed by atoms with Crippen molar-refractivity contribution >= 4 is 35.1 Å². The number of benzene rings is 3. The van der Waals surface area contributed by atoms with Crippen LogP contribution in [0, 0.1) is 5.82 Å². The molecule has 1 aliphatic heterocycles. The van der Waals surface area contributed by atoms with E-state index in [2.05, 4.69) is 5.32 Å². The van der Waals surface area contributed by atoms with Gasteiger partial charge in [0, 0.05) is 5.02 Å². The van der Waals surface area contributed by atoms with Crippen LogP contribution in [0.5, 0.6) is 0 Å². The molecule has 36 heavy (non-hydrogen) atoms. The maximum absolute atomic E-state index is 13.8. The Kier molecular flexibility index (Phi) is 6.73. The van der Waals surface area contributed by atoms with E-state index in [1.807, 2.05) is 0 Å². The summed E-state index contributed by atoms with van der Waals surface area (Å²) < 4.78 is 58.5. The molecule has 11 heteroatoms. The fourth-order valence-electron chi connectivity index (χ4n) is 3.98. The van der Waals surface area contributed by atoms with Crippen LogP contribution >= 0.6 is 11.6 Å². The Morgan fingerprint density at radius 3 is 2.25 bits per heavy atom. The minimum absolute atomic E-state index is 0.124. The highest BCUT2D eigenvalue weighted by Gasteiger charge is 2.45. The quantitative estimate of drug-likeness (QED) is 0.362. The van der Waals surface area contributed by atoms with E-state index >= 15 is 0 Å². The Balaban J connectivity index is 1.96. The van der Waals surface area contributed by atoms with Gasteiger partial charge in [-0.25, -0.2) is 9.18 Å². The zero-order chi connectivity index (χ0) is 26.2. The molecule has 6 nitrogen and oxygen atoms in total. The monoisotopic (exact) mass is 520 g/mol. The van der Waals surface area contributed by atoms with Gasteiger partial charge in [0.2, 0.25) is 0 Å². The molecule has 2 atom stereocenters. The summed E-state index contributed by atoms with van der Waals surface area (Å²) in [6.07, 6.45) is -4.73. The third-order valence-electron chi connectivity index (χ3n) is 5.67. The Hall–Kier alpha value is -3.92. The van der Waals surface area contributed by atoms with Crippen molar-refractivity contribution in [3.8, 4) is 0 Å². The largest absolute Gasteiger partial charge is 0.467 e. The van der Waals surface area contributed by atoms with E-state index in [1.165, 1.54) is 36.4 Å². The highest BCUT2D eigenvalue weighted by molar-refractivity contribution is 6.30. The highest BCUT2D eigenvalue weighted by atomic mass is 35.5. The Morgan fingerprint density at radius 2 is 1.67 bits per heavy atom. The van der Waals surface area contributed by atoms with Gasteiger partial charge in [-0.05, 0) is 53.6 Å². The van der Waals surface area contributed by atoms with Crippen LogP contribution in [0.15, 0.2) is 66.7 Å². The second kappa shape index (κ2) is 9.62.